The highest BCUT2D eigenvalue weighted by atomic mass is 15.0. The van der Waals surface area contributed by atoms with Crippen molar-refractivity contribution in [1.82, 2.24) is 5.32 Å². The van der Waals surface area contributed by atoms with Crippen LogP contribution in [0.3, 0.4) is 0 Å². The van der Waals surface area contributed by atoms with Crippen molar-refractivity contribution in [3.8, 4) is 0 Å². The fourth-order valence-corrected chi connectivity index (χ4v) is 3.04. The van der Waals surface area contributed by atoms with Gasteiger partial charge in [-0.1, -0.05) is 55.5 Å². The van der Waals surface area contributed by atoms with E-state index in [1.807, 2.05) is 0 Å². The predicted molar refractivity (Wildman–Crippen MR) is 89.7 cm³/mol. The fourth-order valence-electron chi connectivity index (χ4n) is 3.04. The third kappa shape index (κ3) is 3.64. The van der Waals surface area contributed by atoms with Crippen molar-refractivity contribution >= 4 is 5.69 Å². The average molecular weight is 280 g/mol. The lowest BCUT2D eigenvalue weighted by Gasteiger charge is -2.18. The number of para-hydroxylation sites is 1. The zero-order valence-corrected chi connectivity index (χ0v) is 12.7. The van der Waals surface area contributed by atoms with Gasteiger partial charge in [0.25, 0.3) is 0 Å². The molecule has 0 aromatic heterocycles. The molecule has 2 unspecified atom stereocenters. The molecule has 1 aliphatic heterocycles. The molecule has 0 amide bonds. The lowest BCUT2D eigenvalue weighted by Crippen LogP contribution is -2.21. The van der Waals surface area contributed by atoms with E-state index in [2.05, 4.69) is 72.2 Å². The van der Waals surface area contributed by atoms with Gasteiger partial charge in [-0.2, -0.15) is 0 Å². The molecule has 2 atom stereocenters. The first-order chi connectivity index (χ1) is 10.3. The lowest BCUT2D eigenvalue weighted by atomic mass is 9.97. The third-order valence-corrected chi connectivity index (χ3v) is 4.49. The van der Waals surface area contributed by atoms with Crippen LogP contribution in [0.1, 0.15) is 18.1 Å². The monoisotopic (exact) mass is 280 g/mol. The molecule has 2 nitrogen and oxygen atoms in total. The molecule has 0 saturated carbocycles. The number of anilines is 1. The van der Waals surface area contributed by atoms with E-state index in [1.165, 1.54) is 16.8 Å². The average Bonchev–Trinajstić information content (AvgIpc) is 2.93. The Kier molecular flexibility index (Phi) is 4.56. The van der Waals surface area contributed by atoms with E-state index in [0.29, 0.717) is 0 Å². The van der Waals surface area contributed by atoms with Gasteiger partial charge >= 0.3 is 0 Å². The number of nitrogens with one attached hydrogen (secondary N) is 2. The second-order valence-electron chi connectivity index (χ2n) is 6.10. The molecule has 0 aliphatic carbocycles. The van der Waals surface area contributed by atoms with Crippen molar-refractivity contribution in [2.24, 2.45) is 11.8 Å². The molecule has 1 heterocycles. The fraction of sp³-hybridized carbons (Fsp3) is 0.368. The number of rotatable bonds is 5. The molecular formula is C19H24N2. The largest absolute Gasteiger partial charge is 0.384 e. The minimum Gasteiger partial charge on any atom is -0.384 e. The summed E-state index contributed by atoms with van der Waals surface area (Å²) < 4.78 is 0. The Hall–Kier alpha value is -1.80. The first-order valence-corrected chi connectivity index (χ1v) is 7.89. The summed E-state index contributed by atoms with van der Waals surface area (Å²) in [6, 6.07) is 19.4. The van der Waals surface area contributed by atoms with Crippen molar-refractivity contribution in [2.75, 3.05) is 25.0 Å². The summed E-state index contributed by atoms with van der Waals surface area (Å²) in [5.41, 5.74) is 4.02. The number of benzene rings is 2. The van der Waals surface area contributed by atoms with Crippen LogP contribution < -0.4 is 10.6 Å². The highest BCUT2D eigenvalue weighted by Gasteiger charge is 2.22. The molecule has 1 aliphatic rings. The van der Waals surface area contributed by atoms with Crippen molar-refractivity contribution < 1.29 is 0 Å². The van der Waals surface area contributed by atoms with Crippen LogP contribution in [0.2, 0.25) is 0 Å². The van der Waals surface area contributed by atoms with Gasteiger partial charge in [0.2, 0.25) is 0 Å². The first kappa shape index (κ1) is 14.2. The zero-order chi connectivity index (χ0) is 14.5. The standard InChI is InChI=1S/C19H24N2/c1-15-12-20-13-18(15)14-21-19-10-6-5-9-17(19)11-16-7-3-2-4-8-16/h2-10,15,18,20-21H,11-14H2,1H3. The van der Waals surface area contributed by atoms with Gasteiger partial charge in [0.15, 0.2) is 0 Å². The van der Waals surface area contributed by atoms with Gasteiger partial charge in [-0.25, -0.2) is 0 Å². The smallest absolute Gasteiger partial charge is 0.0376 e. The Morgan fingerprint density at radius 2 is 1.76 bits per heavy atom. The van der Waals surface area contributed by atoms with E-state index in [0.717, 1.165) is 37.9 Å². The van der Waals surface area contributed by atoms with E-state index in [9.17, 15) is 0 Å². The maximum atomic E-state index is 3.67. The molecule has 2 aromatic rings. The second kappa shape index (κ2) is 6.77. The molecule has 1 fully saturated rings. The van der Waals surface area contributed by atoms with Gasteiger partial charge < -0.3 is 10.6 Å². The molecule has 0 radical (unpaired) electrons. The van der Waals surface area contributed by atoms with Crippen LogP contribution in [-0.4, -0.2) is 19.6 Å². The molecule has 0 bridgehead atoms. The first-order valence-electron chi connectivity index (χ1n) is 7.89. The Bertz CT molecular complexity index is 565. The SMILES string of the molecule is CC1CNCC1CNc1ccccc1Cc1ccccc1. The van der Waals surface area contributed by atoms with Crippen molar-refractivity contribution in [2.45, 2.75) is 13.3 Å². The van der Waals surface area contributed by atoms with Crippen molar-refractivity contribution in [1.29, 1.82) is 0 Å². The van der Waals surface area contributed by atoms with E-state index in [1.54, 1.807) is 0 Å². The summed E-state index contributed by atoms with van der Waals surface area (Å²) in [6.45, 7) is 5.68. The Balaban J connectivity index is 1.67. The highest BCUT2D eigenvalue weighted by molar-refractivity contribution is 5.52. The maximum Gasteiger partial charge on any atom is 0.0376 e. The predicted octanol–water partition coefficient (Wildman–Crippen LogP) is 3.54. The molecule has 2 N–H and O–H groups in total. The quantitative estimate of drug-likeness (QED) is 0.875. The van der Waals surface area contributed by atoms with Gasteiger partial charge in [0.1, 0.15) is 0 Å². The molecule has 21 heavy (non-hydrogen) atoms. The van der Waals surface area contributed by atoms with Crippen LogP contribution in [0.25, 0.3) is 0 Å². The molecule has 110 valence electrons. The van der Waals surface area contributed by atoms with E-state index in [-0.39, 0.29) is 0 Å². The molecule has 2 aromatic carbocycles. The summed E-state index contributed by atoms with van der Waals surface area (Å²) in [7, 11) is 0. The van der Waals surface area contributed by atoms with Gasteiger partial charge in [-0.05, 0) is 48.5 Å². The van der Waals surface area contributed by atoms with Crippen LogP contribution in [0.15, 0.2) is 54.6 Å². The van der Waals surface area contributed by atoms with Crippen LogP contribution in [0, 0.1) is 11.8 Å². The molecule has 1 saturated heterocycles. The Morgan fingerprint density at radius 3 is 2.52 bits per heavy atom. The maximum absolute atomic E-state index is 3.67. The van der Waals surface area contributed by atoms with Crippen molar-refractivity contribution in [3.05, 3.63) is 65.7 Å². The molecule has 0 spiro atoms. The van der Waals surface area contributed by atoms with Crippen LogP contribution in [0.5, 0.6) is 0 Å². The van der Waals surface area contributed by atoms with Gasteiger partial charge in [-0.15, -0.1) is 0 Å². The number of hydrogen-bond acceptors (Lipinski definition) is 2. The summed E-state index contributed by atoms with van der Waals surface area (Å²) in [6.07, 6.45) is 0.989. The van der Waals surface area contributed by atoms with E-state index in [4.69, 9.17) is 0 Å². The van der Waals surface area contributed by atoms with Crippen LogP contribution in [0.4, 0.5) is 5.69 Å². The molecule has 2 heteroatoms. The normalized spacial score (nSPS) is 21.4. The van der Waals surface area contributed by atoms with Gasteiger partial charge in [0.05, 0.1) is 0 Å². The summed E-state index contributed by atoms with van der Waals surface area (Å²) in [5.74, 6) is 1.49. The lowest BCUT2D eigenvalue weighted by molar-refractivity contribution is 0.474. The minimum atomic E-state index is 0.731. The Labute approximate surface area is 127 Å². The van der Waals surface area contributed by atoms with E-state index < -0.39 is 0 Å². The van der Waals surface area contributed by atoms with E-state index >= 15 is 0 Å². The third-order valence-electron chi connectivity index (χ3n) is 4.49. The summed E-state index contributed by atoms with van der Waals surface area (Å²) >= 11 is 0. The van der Waals surface area contributed by atoms with Crippen LogP contribution >= 0.6 is 0 Å². The minimum absolute atomic E-state index is 0.731. The Morgan fingerprint density at radius 1 is 1.00 bits per heavy atom. The molecule has 3 rings (SSSR count). The van der Waals surface area contributed by atoms with Gasteiger partial charge in [-0.3, -0.25) is 0 Å². The van der Waals surface area contributed by atoms with Gasteiger partial charge in [0, 0.05) is 12.2 Å². The second-order valence-corrected chi connectivity index (χ2v) is 6.10. The zero-order valence-electron chi connectivity index (χ0n) is 12.7. The number of hydrogen-bond donors (Lipinski definition) is 2. The summed E-state index contributed by atoms with van der Waals surface area (Å²) in [5, 5.41) is 7.14. The van der Waals surface area contributed by atoms with Crippen LogP contribution in [-0.2, 0) is 6.42 Å². The molecular weight excluding hydrogens is 256 g/mol. The highest BCUT2D eigenvalue weighted by Crippen LogP contribution is 2.21. The van der Waals surface area contributed by atoms with Crippen molar-refractivity contribution in [3.63, 3.8) is 0 Å². The summed E-state index contributed by atoms with van der Waals surface area (Å²) in [4.78, 5) is 0. The topological polar surface area (TPSA) is 24.1 Å².